The molecule has 1 heterocycles. The second-order valence-electron chi connectivity index (χ2n) is 4.28. The molecule has 1 rings (SSSR count). The molecule has 1 aromatic heterocycles. The van der Waals surface area contributed by atoms with Gasteiger partial charge in [-0.15, -0.1) is 0 Å². The maximum Gasteiger partial charge on any atom is 0.417 e. The monoisotopic (exact) mass is 262 g/mol. The molecule has 0 saturated heterocycles. The molecule has 0 atom stereocenters. The van der Waals surface area contributed by atoms with Crippen LogP contribution in [0.1, 0.15) is 25.8 Å². The third-order valence-corrected chi connectivity index (χ3v) is 2.10. The van der Waals surface area contributed by atoms with Crippen LogP contribution in [0.2, 0.25) is 0 Å². The predicted octanol–water partition coefficient (Wildman–Crippen LogP) is 2.38. The number of alkyl halides is 3. The van der Waals surface area contributed by atoms with Crippen LogP contribution in [0.5, 0.6) is 0 Å². The lowest BCUT2D eigenvalue weighted by Crippen LogP contribution is -2.22. The van der Waals surface area contributed by atoms with E-state index in [1.165, 1.54) is 0 Å². The lowest BCUT2D eigenvalue weighted by Gasteiger charge is -2.09. The Kier molecular flexibility index (Phi) is 4.15. The molecule has 0 fully saturated rings. The molecule has 18 heavy (non-hydrogen) atoms. The molecule has 0 aliphatic rings. The first-order chi connectivity index (χ1) is 8.20. The van der Waals surface area contributed by atoms with Gasteiger partial charge in [-0.1, -0.05) is 13.8 Å². The lowest BCUT2D eigenvalue weighted by molar-refractivity contribution is -0.137. The van der Waals surface area contributed by atoms with Gasteiger partial charge in [0.15, 0.2) is 0 Å². The summed E-state index contributed by atoms with van der Waals surface area (Å²) in [6.45, 7) is 3.58. The third kappa shape index (κ3) is 3.90. The van der Waals surface area contributed by atoms with E-state index in [2.05, 4.69) is 5.32 Å². The number of nitrogens with one attached hydrogen (secondary N) is 2. The smallest absolute Gasteiger partial charge is 0.327 e. The van der Waals surface area contributed by atoms with Crippen molar-refractivity contribution in [2.75, 3.05) is 5.32 Å². The number of hydrogen-bond donors (Lipinski definition) is 2. The van der Waals surface area contributed by atoms with E-state index in [0.29, 0.717) is 12.3 Å². The van der Waals surface area contributed by atoms with Crippen molar-refractivity contribution in [1.29, 1.82) is 0 Å². The molecule has 2 N–H and O–H groups in total. The number of aromatic nitrogens is 1. The summed E-state index contributed by atoms with van der Waals surface area (Å²) < 4.78 is 37.2. The molecule has 0 unspecified atom stereocenters. The average Bonchev–Trinajstić information content (AvgIpc) is 2.18. The van der Waals surface area contributed by atoms with Crippen LogP contribution >= 0.6 is 0 Å². The minimum Gasteiger partial charge on any atom is -0.327 e. The molecule has 0 aromatic carbocycles. The van der Waals surface area contributed by atoms with E-state index in [-0.39, 0.29) is 12.3 Å². The van der Waals surface area contributed by atoms with E-state index < -0.39 is 28.9 Å². The molecule has 0 bridgehead atoms. The molecule has 7 heteroatoms. The minimum atomic E-state index is -4.57. The first-order valence-corrected chi connectivity index (χ1v) is 5.30. The summed E-state index contributed by atoms with van der Waals surface area (Å²) in [6.07, 6.45) is -3.86. The Bertz CT molecular complexity index is 492. The van der Waals surface area contributed by atoms with Crippen molar-refractivity contribution in [3.8, 4) is 0 Å². The summed E-state index contributed by atoms with van der Waals surface area (Å²) in [6, 6.07) is 0.622. The molecule has 1 amide bonds. The van der Waals surface area contributed by atoms with E-state index >= 15 is 0 Å². The highest BCUT2D eigenvalue weighted by Crippen LogP contribution is 2.29. The Morgan fingerprint density at radius 1 is 1.44 bits per heavy atom. The standard InChI is InChI=1S/C11H13F3N2O2/c1-6(2)3-9(17)16-8-4-7(11(12,13)14)5-15-10(8)18/h4-6H,3H2,1-2H3,(H,15,18)(H,16,17). The molecule has 0 aliphatic heterocycles. The number of rotatable bonds is 3. The zero-order valence-electron chi connectivity index (χ0n) is 9.89. The first-order valence-electron chi connectivity index (χ1n) is 5.30. The summed E-state index contributed by atoms with van der Waals surface area (Å²) in [7, 11) is 0. The summed E-state index contributed by atoms with van der Waals surface area (Å²) in [5, 5.41) is 2.17. The molecular formula is C11H13F3N2O2. The van der Waals surface area contributed by atoms with Gasteiger partial charge in [-0.2, -0.15) is 13.2 Å². The van der Waals surface area contributed by atoms with Gasteiger partial charge in [0.05, 0.1) is 5.56 Å². The van der Waals surface area contributed by atoms with E-state index in [4.69, 9.17) is 0 Å². The molecule has 0 spiro atoms. The normalized spacial score (nSPS) is 11.7. The van der Waals surface area contributed by atoms with Crippen LogP contribution in [-0.4, -0.2) is 10.9 Å². The highest BCUT2D eigenvalue weighted by molar-refractivity contribution is 5.90. The molecule has 0 radical (unpaired) electrons. The van der Waals surface area contributed by atoms with Crippen molar-refractivity contribution in [2.45, 2.75) is 26.4 Å². The fourth-order valence-electron chi connectivity index (χ4n) is 1.31. The van der Waals surface area contributed by atoms with Crippen LogP contribution in [0, 0.1) is 5.92 Å². The van der Waals surface area contributed by atoms with Gasteiger partial charge in [0.2, 0.25) is 5.91 Å². The topological polar surface area (TPSA) is 62.0 Å². The molecule has 0 aliphatic carbocycles. The Balaban J connectivity index is 2.95. The maximum absolute atomic E-state index is 12.4. The molecule has 0 saturated carbocycles. The number of carbonyl (C=O) groups excluding carboxylic acids is 1. The largest absolute Gasteiger partial charge is 0.417 e. The second-order valence-corrected chi connectivity index (χ2v) is 4.28. The SMILES string of the molecule is CC(C)CC(=O)Nc1cc(C(F)(F)F)c[nH]c1=O. The number of carbonyl (C=O) groups is 1. The number of halogens is 3. The predicted molar refractivity (Wildman–Crippen MR) is 60.1 cm³/mol. The number of hydrogen-bond acceptors (Lipinski definition) is 2. The van der Waals surface area contributed by atoms with Crippen molar-refractivity contribution < 1.29 is 18.0 Å². The molecule has 100 valence electrons. The minimum absolute atomic E-state index is 0.0508. The lowest BCUT2D eigenvalue weighted by atomic mass is 10.1. The zero-order valence-corrected chi connectivity index (χ0v) is 9.89. The van der Waals surface area contributed by atoms with Crippen molar-refractivity contribution in [3.05, 3.63) is 28.2 Å². The number of pyridine rings is 1. The summed E-state index contributed by atoms with van der Waals surface area (Å²) in [5.41, 5.74) is -2.17. The Morgan fingerprint density at radius 2 is 2.06 bits per heavy atom. The van der Waals surface area contributed by atoms with Crippen LogP contribution in [0.3, 0.4) is 0 Å². The van der Waals surface area contributed by atoms with Crippen LogP contribution in [-0.2, 0) is 11.0 Å². The fourth-order valence-corrected chi connectivity index (χ4v) is 1.31. The Hall–Kier alpha value is -1.79. The van der Waals surface area contributed by atoms with Gasteiger partial charge in [-0.05, 0) is 12.0 Å². The molecule has 1 aromatic rings. The van der Waals surface area contributed by atoms with Gasteiger partial charge >= 0.3 is 6.18 Å². The average molecular weight is 262 g/mol. The van der Waals surface area contributed by atoms with Gasteiger partial charge in [0.1, 0.15) is 5.69 Å². The van der Waals surface area contributed by atoms with Crippen LogP contribution in [0.25, 0.3) is 0 Å². The van der Waals surface area contributed by atoms with Gasteiger partial charge in [0, 0.05) is 12.6 Å². The quantitative estimate of drug-likeness (QED) is 0.878. The van der Waals surface area contributed by atoms with Crippen molar-refractivity contribution in [1.82, 2.24) is 4.98 Å². The molecular weight excluding hydrogens is 249 g/mol. The third-order valence-electron chi connectivity index (χ3n) is 2.10. The van der Waals surface area contributed by atoms with E-state index in [9.17, 15) is 22.8 Å². The second kappa shape index (κ2) is 5.24. The van der Waals surface area contributed by atoms with Crippen molar-refractivity contribution >= 4 is 11.6 Å². The van der Waals surface area contributed by atoms with Gasteiger partial charge in [-0.25, -0.2) is 0 Å². The van der Waals surface area contributed by atoms with Crippen LogP contribution in [0.15, 0.2) is 17.1 Å². The summed E-state index contributed by atoms with van der Waals surface area (Å²) in [5.74, 6) is -0.440. The van der Waals surface area contributed by atoms with Crippen molar-refractivity contribution in [2.24, 2.45) is 5.92 Å². The highest BCUT2D eigenvalue weighted by atomic mass is 19.4. The zero-order chi connectivity index (χ0) is 13.9. The van der Waals surface area contributed by atoms with Crippen molar-refractivity contribution in [3.63, 3.8) is 0 Å². The fraction of sp³-hybridized carbons (Fsp3) is 0.455. The first kappa shape index (κ1) is 14.3. The number of amides is 1. The van der Waals surface area contributed by atoms with Crippen LogP contribution in [0.4, 0.5) is 18.9 Å². The number of anilines is 1. The van der Waals surface area contributed by atoms with Gasteiger partial charge < -0.3 is 10.3 Å². The van der Waals surface area contributed by atoms with E-state index in [1.54, 1.807) is 13.8 Å². The Morgan fingerprint density at radius 3 is 2.56 bits per heavy atom. The maximum atomic E-state index is 12.4. The van der Waals surface area contributed by atoms with E-state index in [1.807, 2.05) is 4.98 Å². The molecule has 4 nitrogen and oxygen atoms in total. The number of aromatic amines is 1. The van der Waals surface area contributed by atoms with Crippen LogP contribution < -0.4 is 10.9 Å². The van der Waals surface area contributed by atoms with Gasteiger partial charge in [-0.3, -0.25) is 9.59 Å². The van der Waals surface area contributed by atoms with Gasteiger partial charge in [0.25, 0.3) is 5.56 Å². The highest BCUT2D eigenvalue weighted by Gasteiger charge is 2.31. The Labute approximate surface area is 101 Å². The number of H-pyrrole nitrogens is 1. The summed E-state index contributed by atoms with van der Waals surface area (Å²) >= 11 is 0. The van der Waals surface area contributed by atoms with E-state index in [0.717, 1.165) is 0 Å². The summed E-state index contributed by atoms with van der Waals surface area (Å²) in [4.78, 5) is 24.6.